The second kappa shape index (κ2) is 6.32. The van der Waals surface area contributed by atoms with Gasteiger partial charge in [-0.15, -0.1) is 0 Å². The van der Waals surface area contributed by atoms with Gasteiger partial charge in [-0.3, -0.25) is 9.69 Å². The summed E-state index contributed by atoms with van der Waals surface area (Å²) >= 11 is 0. The standard InChI is InChI=1S/C10H19NO5S/c1-2-16-10(13)7-9(12)8-11-3-5-17(14,15)6-4-11/h9,12H,2-8H2,1H3. The summed E-state index contributed by atoms with van der Waals surface area (Å²) in [6.45, 7) is 3.16. The SMILES string of the molecule is CCOC(=O)CC(O)CN1CCS(=O)(=O)CC1. The summed E-state index contributed by atoms with van der Waals surface area (Å²) in [7, 11) is -2.90. The van der Waals surface area contributed by atoms with E-state index in [1.807, 2.05) is 4.90 Å². The molecule has 0 aromatic heterocycles. The van der Waals surface area contributed by atoms with Crippen molar-refractivity contribution in [3.05, 3.63) is 0 Å². The van der Waals surface area contributed by atoms with Gasteiger partial charge in [-0.1, -0.05) is 0 Å². The third-order valence-corrected chi connectivity index (χ3v) is 4.22. The lowest BCUT2D eigenvalue weighted by atomic mass is 10.2. The van der Waals surface area contributed by atoms with Gasteiger partial charge in [-0.25, -0.2) is 8.42 Å². The Bertz CT molecular complexity index is 340. The Hall–Kier alpha value is -0.660. The quantitative estimate of drug-likeness (QED) is 0.644. The van der Waals surface area contributed by atoms with Gasteiger partial charge in [0, 0.05) is 19.6 Å². The van der Waals surface area contributed by atoms with Gasteiger partial charge in [0.1, 0.15) is 0 Å². The highest BCUT2D eigenvalue weighted by Crippen LogP contribution is 2.06. The zero-order valence-electron chi connectivity index (χ0n) is 9.96. The molecule has 0 saturated carbocycles. The van der Waals surface area contributed by atoms with Crippen LogP contribution in [-0.2, 0) is 19.4 Å². The van der Waals surface area contributed by atoms with E-state index in [-0.39, 0.29) is 17.9 Å². The second-order valence-corrected chi connectivity index (χ2v) is 6.42. The maximum atomic E-state index is 11.2. The number of esters is 1. The van der Waals surface area contributed by atoms with Gasteiger partial charge in [0.15, 0.2) is 9.84 Å². The Kier molecular flexibility index (Phi) is 5.35. The average molecular weight is 265 g/mol. The number of β-amino-alcohol motifs (C(OH)–C–C–N with tert-alkyl or cyclic N) is 1. The van der Waals surface area contributed by atoms with Crippen LogP contribution in [-0.4, -0.2) is 68.2 Å². The van der Waals surface area contributed by atoms with Crippen LogP contribution >= 0.6 is 0 Å². The number of sulfone groups is 1. The maximum Gasteiger partial charge on any atom is 0.308 e. The number of carbonyl (C=O) groups excluding carboxylic acids is 1. The molecule has 1 heterocycles. The number of ether oxygens (including phenoxy) is 1. The molecule has 100 valence electrons. The molecule has 1 fully saturated rings. The Morgan fingerprint density at radius 2 is 2.00 bits per heavy atom. The molecule has 0 amide bonds. The van der Waals surface area contributed by atoms with Crippen LogP contribution in [0.2, 0.25) is 0 Å². The number of hydrogen-bond acceptors (Lipinski definition) is 6. The van der Waals surface area contributed by atoms with Crippen molar-refractivity contribution in [3.8, 4) is 0 Å². The van der Waals surface area contributed by atoms with Gasteiger partial charge in [0.05, 0.1) is 30.6 Å². The maximum absolute atomic E-state index is 11.2. The first-order chi connectivity index (χ1) is 7.93. The van der Waals surface area contributed by atoms with Gasteiger partial charge in [0.2, 0.25) is 0 Å². The van der Waals surface area contributed by atoms with Gasteiger partial charge in [-0.05, 0) is 6.92 Å². The zero-order chi connectivity index (χ0) is 12.9. The molecule has 1 aliphatic heterocycles. The first-order valence-corrected chi connectivity index (χ1v) is 7.51. The van der Waals surface area contributed by atoms with E-state index in [0.717, 1.165) is 0 Å². The minimum atomic E-state index is -2.90. The lowest BCUT2D eigenvalue weighted by molar-refractivity contribution is -0.145. The molecule has 17 heavy (non-hydrogen) atoms. The average Bonchev–Trinajstić information content (AvgIpc) is 2.21. The molecule has 0 radical (unpaired) electrons. The molecule has 0 aliphatic carbocycles. The summed E-state index contributed by atoms with van der Waals surface area (Å²) in [4.78, 5) is 13.0. The summed E-state index contributed by atoms with van der Waals surface area (Å²) in [5.41, 5.74) is 0. The summed E-state index contributed by atoms with van der Waals surface area (Å²) in [6.07, 6.45) is -0.841. The Morgan fingerprint density at radius 1 is 1.41 bits per heavy atom. The molecule has 1 saturated heterocycles. The molecule has 0 spiro atoms. The van der Waals surface area contributed by atoms with Crippen molar-refractivity contribution in [1.82, 2.24) is 4.90 Å². The lowest BCUT2D eigenvalue weighted by Gasteiger charge is -2.28. The Balaban J connectivity index is 2.28. The fourth-order valence-corrected chi connectivity index (χ4v) is 2.98. The van der Waals surface area contributed by atoms with E-state index in [0.29, 0.717) is 26.2 Å². The third-order valence-electron chi connectivity index (χ3n) is 2.61. The molecule has 1 aliphatic rings. The van der Waals surface area contributed by atoms with Crippen LogP contribution in [0.5, 0.6) is 0 Å². The first-order valence-electron chi connectivity index (χ1n) is 5.69. The van der Waals surface area contributed by atoms with E-state index < -0.39 is 21.9 Å². The molecular formula is C10H19NO5S. The summed E-state index contributed by atoms with van der Waals surface area (Å²) in [5, 5.41) is 9.64. The van der Waals surface area contributed by atoms with Gasteiger partial charge < -0.3 is 9.84 Å². The highest BCUT2D eigenvalue weighted by Gasteiger charge is 2.23. The van der Waals surface area contributed by atoms with Crippen LogP contribution in [0.3, 0.4) is 0 Å². The van der Waals surface area contributed by atoms with Gasteiger partial charge in [0.25, 0.3) is 0 Å². The molecule has 1 N–H and O–H groups in total. The van der Waals surface area contributed by atoms with Gasteiger partial charge >= 0.3 is 5.97 Å². The van der Waals surface area contributed by atoms with E-state index in [1.165, 1.54) is 0 Å². The minimum absolute atomic E-state index is 0.0446. The van der Waals surface area contributed by atoms with E-state index in [9.17, 15) is 18.3 Å². The summed E-state index contributed by atoms with van der Waals surface area (Å²) < 4.78 is 27.1. The number of aliphatic hydroxyl groups is 1. The van der Waals surface area contributed by atoms with Crippen LogP contribution in [0.4, 0.5) is 0 Å². The number of rotatable bonds is 5. The molecule has 0 aromatic carbocycles. The third kappa shape index (κ3) is 5.47. The Morgan fingerprint density at radius 3 is 2.53 bits per heavy atom. The highest BCUT2D eigenvalue weighted by molar-refractivity contribution is 7.91. The van der Waals surface area contributed by atoms with Crippen LogP contribution in [0.1, 0.15) is 13.3 Å². The normalized spacial score (nSPS) is 22.0. The molecule has 1 unspecified atom stereocenters. The fraction of sp³-hybridized carbons (Fsp3) is 0.900. The fourth-order valence-electron chi connectivity index (χ4n) is 1.71. The smallest absolute Gasteiger partial charge is 0.308 e. The van der Waals surface area contributed by atoms with Crippen LogP contribution in [0.25, 0.3) is 0 Å². The van der Waals surface area contributed by atoms with E-state index in [4.69, 9.17) is 4.74 Å². The Labute approximate surface area is 101 Å². The van der Waals surface area contributed by atoms with Crippen LogP contribution < -0.4 is 0 Å². The van der Waals surface area contributed by atoms with Crippen molar-refractivity contribution in [2.75, 3.05) is 37.7 Å². The van der Waals surface area contributed by atoms with Crippen molar-refractivity contribution >= 4 is 15.8 Å². The van der Waals surface area contributed by atoms with Crippen LogP contribution in [0.15, 0.2) is 0 Å². The highest BCUT2D eigenvalue weighted by atomic mass is 32.2. The number of hydrogen-bond donors (Lipinski definition) is 1. The lowest BCUT2D eigenvalue weighted by Crippen LogP contribution is -2.44. The number of nitrogens with zero attached hydrogens (tertiary/aromatic N) is 1. The molecular weight excluding hydrogens is 246 g/mol. The van der Waals surface area contributed by atoms with Crippen molar-refractivity contribution in [1.29, 1.82) is 0 Å². The first kappa shape index (κ1) is 14.4. The molecule has 0 aromatic rings. The van der Waals surface area contributed by atoms with Crippen molar-refractivity contribution in [2.45, 2.75) is 19.4 Å². The molecule has 6 nitrogen and oxygen atoms in total. The molecule has 0 bridgehead atoms. The van der Waals surface area contributed by atoms with E-state index in [2.05, 4.69) is 0 Å². The summed E-state index contributed by atoms with van der Waals surface area (Å²) in [5.74, 6) is -0.178. The predicted octanol–water partition coefficient (Wildman–Crippen LogP) is -0.969. The summed E-state index contributed by atoms with van der Waals surface area (Å²) in [6, 6.07) is 0. The predicted molar refractivity (Wildman–Crippen MR) is 62.4 cm³/mol. The van der Waals surface area contributed by atoms with Crippen LogP contribution in [0, 0.1) is 0 Å². The zero-order valence-corrected chi connectivity index (χ0v) is 10.8. The van der Waals surface area contributed by atoms with Gasteiger partial charge in [-0.2, -0.15) is 0 Å². The number of carbonyl (C=O) groups is 1. The van der Waals surface area contributed by atoms with E-state index in [1.54, 1.807) is 6.92 Å². The largest absolute Gasteiger partial charge is 0.466 e. The monoisotopic (exact) mass is 265 g/mol. The topological polar surface area (TPSA) is 83.9 Å². The second-order valence-electron chi connectivity index (χ2n) is 4.12. The van der Waals surface area contributed by atoms with Crippen molar-refractivity contribution < 1.29 is 23.1 Å². The molecule has 1 atom stereocenters. The molecule has 1 rings (SSSR count). The van der Waals surface area contributed by atoms with Crippen molar-refractivity contribution in [2.24, 2.45) is 0 Å². The number of aliphatic hydroxyl groups excluding tert-OH is 1. The minimum Gasteiger partial charge on any atom is -0.466 e. The molecule has 7 heteroatoms. The van der Waals surface area contributed by atoms with E-state index >= 15 is 0 Å². The van der Waals surface area contributed by atoms with Crippen molar-refractivity contribution in [3.63, 3.8) is 0 Å².